The van der Waals surface area contributed by atoms with Crippen molar-refractivity contribution in [1.82, 2.24) is 0 Å². The van der Waals surface area contributed by atoms with Gasteiger partial charge in [0.05, 0.1) is 12.7 Å². The molecule has 0 aliphatic rings. The predicted molar refractivity (Wildman–Crippen MR) is 79.4 cm³/mol. The van der Waals surface area contributed by atoms with Gasteiger partial charge in [-0.3, -0.25) is 4.79 Å². The number of methoxy groups -OCH3 is 1. The molecule has 1 aromatic carbocycles. The molecular formula is C14H16BrClO3. The minimum absolute atomic E-state index is 0.0494. The van der Waals surface area contributed by atoms with Crippen molar-refractivity contribution in [2.45, 2.75) is 25.7 Å². The third-order valence-electron chi connectivity index (χ3n) is 2.72. The van der Waals surface area contributed by atoms with Gasteiger partial charge in [0.1, 0.15) is 0 Å². The fourth-order valence-corrected chi connectivity index (χ4v) is 2.30. The van der Waals surface area contributed by atoms with E-state index in [0.717, 1.165) is 24.6 Å². The van der Waals surface area contributed by atoms with Gasteiger partial charge in [-0.05, 0) is 31.0 Å². The average molecular weight is 348 g/mol. The SMILES string of the molecule is COC(=O)c1cc(Cl)ccc1C(=O)CCCCCBr. The van der Waals surface area contributed by atoms with E-state index in [1.54, 1.807) is 12.1 Å². The summed E-state index contributed by atoms with van der Waals surface area (Å²) in [7, 11) is 1.29. The standard InChI is InChI=1S/C14H16BrClO3/c1-19-14(18)12-9-10(16)6-7-11(12)13(17)5-3-2-4-8-15/h6-7,9H,2-5,8H2,1H3. The molecule has 3 nitrogen and oxygen atoms in total. The first-order valence-corrected chi connectivity index (χ1v) is 7.57. The molecule has 104 valence electrons. The number of alkyl halides is 1. The Balaban J connectivity index is 2.81. The molecule has 0 heterocycles. The van der Waals surface area contributed by atoms with E-state index in [9.17, 15) is 9.59 Å². The van der Waals surface area contributed by atoms with Crippen LogP contribution in [0.5, 0.6) is 0 Å². The molecule has 1 aromatic rings. The lowest BCUT2D eigenvalue weighted by Gasteiger charge is -2.07. The quantitative estimate of drug-likeness (QED) is 0.320. The van der Waals surface area contributed by atoms with Gasteiger partial charge in [0.2, 0.25) is 0 Å². The first-order valence-electron chi connectivity index (χ1n) is 6.07. The lowest BCUT2D eigenvalue weighted by molar-refractivity contribution is 0.0597. The fourth-order valence-electron chi connectivity index (χ4n) is 1.73. The van der Waals surface area contributed by atoms with E-state index in [4.69, 9.17) is 11.6 Å². The molecular weight excluding hydrogens is 332 g/mol. The van der Waals surface area contributed by atoms with Crippen LogP contribution in [-0.4, -0.2) is 24.2 Å². The number of ketones is 1. The minimum Gasteiger partial charge on any atom is -0.465 e. The van der Waals surface area contributed by atoms with Crippen molar-refractivity contribution in [3.63, 3.8) is 0 Å². The third kappa shape index (κ3) is 4.96. The number of unbranched alkanes of at least 4 members (excludes halogenated alkanes) is 2. The van der Waals surface area contributed by atoms with Crippen LogP contribution in [0.1, 0.15) is 46.4 Å². The zero-order valence-corrected chi connectivity index (χ0v) is 13.1. The molecule has 0 bridgehead atoms. The third-order valence-corrected chi connectivity index (χ3v) is 3.52. The molecule has 0 aromatic heterocycles. The van der Waals surface area contributed by atoms with Crippen LogP contribution in [-0.2, 0) is 4.74 Å². The Morgan fingerprint density at radius 3 is 2.58 bits per heavy atom. The number of carbonyl (C=O) groups excluding carboxylic acids is 2. The Bertz CT molecular complexity index is 460. The van der Waals surface area contributed by atoms with Crippen LogP contribution in [0.15, 0.2) is 18.2 Å². The molecule has 0 aliphatic carbocycles. The summed E-state index contributed by atoms with van der Waals surface area (Å²) in [6.45, 7) is 0. The molecule has 0 radical (unpaired) electrons. The highest BCUT2D eigenvalue weighted by atomic mass is 79.9. The molecule has 0 fully saturated rings. The molecule has 0 saturated heterocycles. The number of halogens is 2. The molecule has 0 N–H and O–H groups in total. The van der Waals surface area contributed by atoms with Gasteiger partial charge in [-0.1, -0.05) is 34.0 Å². The number of carbonyl (C=O) groups is 2. The molecule has 1 rings (SSSR count). The normalized spacial score (nSPS) is 10.3. The second kappa shape index (κ2) is 8.33. The molecule has 0 amide bonds. The van der Waals surface area contributed by atoms with Crippen LogP contribution in [0.2, 0.25) is 5.02 Å². The Hall–Kier alpha value is -0.870. The van der Waals surface area contributed by atoms with Crippen LogP contribution < -0.4 is 0 Å². The van der Waals surface area contributed by atoms with Crippen molar-refractivity contribution >= 4 is 39.3 Å². The largest absolute Gasteiger partial charge is 0.465 e. The van der Waals surface area contributed by atoms with Crippen molar-refractivity contribution in [3.8, 4) is 0 Å². The van der Waals surface area contributed by atoms with Gasteiger partial charge in [-0.2, -0.15) is 0 Å². The second-order valence-electron chi connectivity index (χ2n) is 4.10. The molecule has 5 heteroatoms. The summed E-state index contributed by atoms with van der Waals surface area (Å²) in [6, 6.07) is 4.67. The lowest BCUT2D eigenvalue weighted by Crippen LogP contribution is -2.10. The van der Waals surface area contributed by atoms with E-state index in [1.807, 2.05) is 0 Å². The van der Waals surface area contributed by atoms with Crippen molar-refractivity contribution in [3.05, 3.63) is 34.3 Å². The van der Waals surface area contributed by atoms with Crippen molar-refractivity contribution in [2.24, 2.45) is 0 Å². The van der Waals surface area contributed by atoms with E-state index in [-0.39, 0.29) is 11.3 Å². The number of ether oxygens (including phenoxy) is 1. The van der Waals surface area contributed by atoms with Crippen molar-refractivity contribution in [1.29, 1.82) is 0 Å². The van der Waals surface area contributed by atoms with E-state index in [2.05, 4.69) is 20.7 Å². The number of benzene rings is 1. The number of Topliss-reactive ketones (excluding diaryl/α,β-unsaturated/α-hetero) is 1. The highest BCUT2D eigenvalue weighted by Gasteiger charge is 2.17. The van der Waals surface area contributed by atoms with Gasteiger partial charge >= 0.3 is 5.97 Å². The maximum atomic E-state index is 12.1. The van der Waals surface area contributed by atoms with Gasteiger partial charge in [-0.15, -0.1) is 0 Å². The molecule has 0 aliphatic heterocycles. The predicted octanol–water partition coefficient (Wildman–Crippen LogP) is 4.26. The summed E-state index contributed by atoms with van der Waals surface area (Å²) in [6.07, 6.45) is 3.27. The fraction of sp³-hybridized carbons (Fsp3) is 0.429. The Kier molecular flexibility index (Phi) is 7.10. The number of hydrogen-bond donors (Lipinski definition) is 0. The molecule has 0 atom stereocenters. The Labute approximate surface area is 126 Å². The zero-order chi connectivity index (χ0) is 14.3. The first-order chi connectivity index (χ1) is 9.10. The smallest absolute Gasteiger partial charge is 0.338 e. The Morgan fingerprint density at radius 1 is 1.21 bits per heavy atom. The Morgan fingerprint density at radius 2 is 1.95 bits per heavy atom. The van der Waals surface area contributed by atoms with Gasteiger partial charge in [-0.25, -0.2) is 4.79 Å². The van der Waals surface area contributed by atoms with Gasteiger partial charge in [0.25, 0.3) is 0 Å². The van der Waals surface area contributed by atoms with Crippen LogP contribution >= 0.6 is 27.5 Å². The molecule has 0 saturated carbocycles. The summed E-state index contributed by atoms with van der Waals surface area (Å²) in [5.74, 6) is -0.585. The summed E-state index contributed by atoms with van der Waals surface area (Å²) < 4.78 is 4.67. The van der Waals surface area contributed by atoms with Crippen molar-refractivity contribution < 1.29 is 14.3 Å². The van der Waals surface area contributed by atoms with E-state index < -0.39 is 5.97 Å². The topological polar surface area (TPSA) is 43.4 Å². The monoisotopic (exact) mass is 346 g/mol. The molecule has 19 heavy (non-hydrogen) atoms. The summed E-state index contributed by atoms with van der Waals surface area (Å²) >= 11 is 9.19. The van der Waals surface area contributed by atoms with Gasteiger partial charge in [0, 0.05) is 22.3 Å². The summed E-state index contributed by atoms with van der Waals surface area (Å²) in [5.41, 5.74) is 0.621. The summed E-state index contributed by atoms with van der Waals surface area (Å²) in [4.78, 5) is 23.7. The van der Waals surface area contributed by atoms with Crippen LogP contribution in [0, 0.1) is 0 Å². The van der Waals surface area contributed by atoms with Crippen LogP contribution in [0.4, 0.5) is 0 Å². The van der Waals surface area contributed by atoms with Crippen molar-refractivity contribution in [2.75, 3.05) is 12.4 Å². The maximum absolute atomic E-state index is 12.1. The average Bonchev–Trinajstić information content (AvgIpc) is 2.42. The van der Waals surface area contributed by atoms with Crippen LogP contribution in [0.3, 0.4) is 0 Å². The number of rotatable bonds is 7. The number of esters is 1. The highest BCUT2D eigenvalue weighted by Crippen LogP contribution is 2.19. The van der Waals surface area contributed by atoms with Gasteiger partial charge < -0.3 is 4.74 Å². The maximum Gasteiger partial charge on any atom is 0.338 e. The summed E-state index contributed by atoms with van der Waals surface area (Å²) in [5, 5.41) is 1.35. The van der Waals surface area contributed by atoms with E-state index in [0.29, 0.717) is 17.0 Å². The first kappa shape index (κ1) is 16.2. The van der Waals surface area contributed by atoms with E-state index in [1.165, 1.54) is 13.2 Å². The van der Waals surface area contributed by atoms with E-state index >= 15 is 0 Å². The minimum atomic E-state index is -0.536. The highest BCUT2D eigenvalue weighted by molar-refractivity contribution is 9.09. The van der Waals surface area contributed by atoms with Crippen LogP contribution in [0.25, 0.3) is 0 Å². The zero-order valence-electron chi connectivity index (χ0n) is 10.7. The second-order valence-corrected chi connectivity index (χ2v) is 5.33. The van der Waals surface area contributed by atoms with Gasteiger partial charge in [0.15, 0.2) is 5.78 Å². The molecule has 0 spiro atoms. The molecule has 0 unspecified atom stereocenters. The number of hydrogen-bond acceptors (Lipinski definition) is 3. The lowest BCUT2D eigenvalue weighted by atomic mass is 9.99.